The smallest absolute Gasteiger partial charge is 0.255 e. The van der Waals surface area contributed by atoms with Crippen LogP contribution in [0.25, 0.3) is 0 Å². The lowest BCUT2D eigenvalue weighted by Gasteiger charge is -2.27. The minimum absolute atomic E-state index is 0. The van der Waals surface area contributed by atoms with Gasteiger partial charge in [-0.25, -0.2) is 4.99 Å². The maximum absolute atomic E-state index is 12.0. The van der Waals surface area contributed by atoms with E-state index in [0.717, 1.165) is 24.6 Å². The zero-order chi connectivity index (χ0) is 13.7. The van der Waals surface area contributed by atoms with E-state index in [1.54, 1.807) is 10.8 Å². The van der Waals surface area contributed by atoms with Crippen LogP contribution in [-0.2, 0) is 13.1 Å². The number of halogens is 1. The molecule has 2 rings (SSSR count). The van der Waals surface area contributed by atoms with Gasteiger partial charge in [-0.15, -0.1) is 24.0 Å². The van der Waals surface area contributed by atoms with E-state index in [9.17, 15) is 4.79 Å². The normalized spacial score (nSPS) is 15.8. The Morgan fingerprint density at radius 2 is 2.15 bits per heavy atom. The summed E-state index contributed by atoms with van der Waals surface area (Å²) in [4.78, 5) is 18.5. The number of thioether (sulfide) groups is 1. The predicted octanol–water partition coefficient (Wildman–Crippen LogP) is 1.35. The van der Waals surface area contributed by atoms with Crippen molar-refractivity contribution in [2.24, 2.45) is 10.7 Å². The summed E-state index contributed by atoms with van der Waals surface area (Å²) in [5.74, 6) is 2.72. The minimum Gasteiger partial charge on any atom is -0.370 e. The maximum Gasteiger partial charge on any atom is 0.255 e. The van der Waals surface area contributed by atoms with E-state index in [1.807, 2.05) is 30.8 Å². The van der Waals surface area contributed by atoms with Gasteiger partial charge in [0.15, 0.2) is 5.96 Å². The highest BCUT2D eigenvalue weighted by atomic mass is 127. The lowest BCUT2D eigenvalue weighted by atomic mass is 10.3. The predicted molar refractivity (Wildman–Crippen MR) is 96.0 cm³/mol. The van der Waals surface area contributed by atoms with E-state index in [4.69, 9.17) is 5.73 Å². The van der Waals surface area contributed by atoms with Gasteiger partial charge < -0.3 is 15.2 Å². The van der Waals surface area contributed by atoms with Gasteiger partial charge in [0.05, 0.1) is 6.54 Å². The number of aromatic nitrogens is 1. The number of aliphatic imine (C=N–C) groups is 1. The van der Waals surface area contributed by atoms with Crippen LogP contribution < -0.4 is 11.3 Å². The topological polar surface area (TPSA) is 63.6 Å². The van der Waals surface area contributed by atoms with Gasteiger partial charge in [0, 0.05) is 42.9 Å². The van der Waals surface area contributed by atoms with Gasteiger partial charge in [0.25, 0.3) is 5.56 Å². The molecule has 0 radical (unpaired) electrons. The van der Waals surface area contributed by atoms with Crippen molar-refractivity contribution >= 4 is 41.7 Å². The zero-order valence-electron chi connectivity index (χ0n) is 11.6. The molecule has 0 amide bonds. The summed E-state index contributed by atoms with van der Waals surface area (Å²) in [6.45, 7) is 4.86. The molecule has 112 valence electrons. The number of hydrogen-bond acceptors (Lipinski definition) is 3. The quantitative estimate of drug-likeness (QED) is 0.466. The van der Waals surface area contributed by atoms with Crippen molar-refractivity contribution in [2.45, 2.75) is 20.0 Å². The van der Waals surface area contributed by atoms with Gasteiger partial charge in [-0.3, -0.25) is 4.79 Å². The van der Waals surface area contributed by atoms with Crippen molar-refractivity contribution in [1.29, 1.82) is 0 Å². The molecule has 0 bridgehead atoms. The second-order valence-corrected chi connectivity index (χ2v) is 5.62. The summed E-state index contributed by atoms with van der Waals surface area (Å²) >= 11 is 1.93. The molecule has 2 N–H and O–H groups in total. The Morgan fingerprint density at radius 3 is 2.80 bits per heavy atom. The first-order chi connectivity index (χ1) is 9.22. The molecule has 1 saturated heterocycles. The highest BCUT2D eigenvalue weighted by Gasteiger charge is 2.12. The van der Waals surface area contributed by atoms with Crippen LogP contribution in [-0.4, -0.2) is 40.0 Å². The van der Waals surface area contributed by atoms with Crippen LogP contribution in [0.4, 0.5) is 0 Å². The Kier molecular flexibility index (Phi) is 7.42. The average molecular weight is 408 g/mol. The Hall–Kier alpha value is -0.700. The summed E-state index contributed by atoms with van der Waals surface area (Å²) in [6.07, 6.45) is 1.79. The number of pyridine rings is 1. The van der Waals surface area contributed by atoms with Crippen LogP contribution in [0.2, 0.25) is 0 Å². The van der Waals surface area contributed by atoms with Gasteiger partial charge in [-0.2, -0.15) is 11.8 Å². The van der Waals surface area contributed by atoms with Crippen molar-refractivity contribution in [2.75, 3.05) is 24.6 Å². The minimum atomic E-state index is 0. The number of hydrogen-bond donors (Lipinski definition) is 1. The molecule has 0 spiro atoms. The standard InChI is InChI=1S/C13H20N4OS.HI/c1-2-16-5-3-4-11(12(16)18)10-15-13(14)17-6-8-19-9-7-17;/h3-5H,2,6-10H2,1H3,(H2,14,15);1H. The number of guanidine groups is 1. The monoisotopic (exact) mass is 408 g/mol. The van der Waals surface area contributed by atoms with E-state index < -0.39 is 0 Å². The lowest BCUT2D eigenvalue weighted by Crippen LogP contribution is -2.42. The molecule has 1 aliphatic rings. The zero-order valence-corrected chi connectivity index (χ0v) is 14.8. The molecule has 1 aromatic heterocycles. The SMILES string of the molecule is CCn1cccc(CN=C(N)N2CCSCC2)c1=O.I. The molecular formula is C13H21IN4OS. The number of nitrogens with zero attached hydrogens (tertiary/aromatic N) is 3. The van der Waals surface area contributed by atoms with Crippen LogP contribution in [0.15, 0.2) is 28.1 Å². The largest absolute Gasteiger partial charge is 0.370 e. The first-order valence-electron chi connectivity index (χ1n) is 6.53. The van der Waals surface area contributed by atoms with Gasteiger partial charge in [0.2, 0.25) is 0 Å². The van der Waals surface area contributed by atoms with Crippen molar-refractivity contribution in [3.63, 3.8) is 0 Å². The summed E-state index contributed by atoms with van der Waals surface area (Å²) in [7, 11) is 0. The molecule has 0 atom stereocenters. The van der Waals surface area contributed by atoms with Crippen LogP contribution in [0, 0.1) is 0 Å². The van der Waals surface area contributed by atoms with Gasteiger partial charge >= 0.3 is 0 Å². The molecule has 0 aliphatic carbocycles. The molecule has 1 fully saturated rings. The Labute approximate surface area is 140 Å². The molecule has 20 heavy (non-hydrogen) atoms. The first-order valence-corrected chi connectivity index (χ1v) is 7.68. The van der Waals surface area contributed by atoms with Crippen LogP contribution in [0.1, 0.15) is 12.5 Å². The molecule has 0 unspecified atom stereocenters. The molecular weight excluding hydrogens is 387 g/mol. The van der Waals surface area contributed by atoms with Crippen molar-refractivity contribution in [3.05, 3.63) is 34.2 Å². The van der Waals surface area contributed by atoms with Crippen molar-refractivity contribution in [3.8, 4) is 0 Å². The maximum atomic E-state index is 12.0. The number of rotatable bonds is 3. The first kappa shape index (κ1) is 17.4. The molecule has 7 heteroatoms. The fourth-order valence-electron chi connectivity index (χ4n) is 2.01. The number of nitrogens with two attached hydrogens (primary N) is 1. The third-order valence-corrected chi connectivity index (χ3v) is 4.13. The van der Waals surface area contributed by atoms with Crippen molar-refractivity contribution < 1.29 is 0 Å². The van der Waals surface area contributed by atoms with Gasteiger partial charge in [-0.1, -0.05) is 6.07 Å². The van der Waals surface area contributed by atoms with Gasteiger partial charge in [0.1, 0.15) is 0 Å². The summed E-state index contributed by atoms with van der Waals surface area (Å²) in [5, 5.41) is 0. The van der Waals surface area contributed by atoms with E-state index in [2.05, 4.69) is 9.89 Å². The van der Waals surface area contributed by atoms with E-state index in [0.29, 0.717) is 24.6 Å². The third-order valence-electron chi connectivity index (χ3n) is 3.19. The third kappa shape index (κ3) is 4.41. The highest BCUT2D eigenvalue weighted by molar-refractivity contribution is 14.0. The summed E-state index contributed by atoms with van der Waals surface area (Å²) < 4.78 is 1.68. The van der Waals surface area contributed by atoms with E-state index in [-0.39, 0.29) is 29.5 Å². The molecule has 1 aromatic rings. The second-order valence-electron chi connectivity index (χ2n) is 4.40. The Bertz CT molecular complexity index is 511. The average Bonchev–Trinajstić information content (AvgIpc) is 2.47. The molecule has 5 nitrogen and oxygen atoms in total. The molecule has 2 heterocycles. The second kappa shape index (κ2) is 8.56. The Morgan fingerprint density at radius 1 is 1.45 bits per heavy atom. The van der Waals surface area contributed by atoms with Crippen LogP contribution in [0.5, 0.6) is 0 Å². The van der Waals surface area contributed by atoms with Crippen molar-refractivity contribution in [1.82, 2.24) is 9.47 Å². The summed E-state index contributed by atoms with van der Waals surface area (Å²) in [5.41, 5.74) is 6.69. The highest BCUT2D eigenvalue weighted by Crippen LogP contribution is 2.08. The van der Waals surface area contributed by atoms with Crippen LogP contribution >= 0.6 is 35.7 Å². The fourth-order valence-corrected chi connectivity index (χ4v) is 2.92. The summed E-state index contributed by atoms with van der Waals surface area (Å²) in [6, 6.07) is 3.70. The Balaban J connectivity index is 0.00000200. The molecule has 0 aromatic carbocycles. The fraction of sp³-hybridized carbons (Fsp3) is 0.538. The van der Waals surface area contributed by atoms with Gasteiger partial charge in [-0.05, 0) is 13.0 Å². The van der Waals surface area contributed by atoms with E-state index >= 15 is 0 Å². The molecule has 0 saturated carbocycles. The number of aryl methyl sites for hydroxylation is 1. The molecule has 1 aliphatic heterocycles. The van der Waals surface area contributed by atoms with Crippen LogP contribution in [0.3, 0.4) is 0 Å². The lowest BCUT2D eigenvalue weighted by molar-refractivity contribution is 0.455. The van der Waals surface area contributed by atoms with E-state index in [1.165, 1.54) is 0 Å².